The fourth-order valence-electron chi connectivity index (χ4n) is 3.73. The summed E-state index contributed by atoms with van der Waals surface area (Å²) in [5, 5.41) is 6.89. The maximum absolute atomic E-state index is 5.59. The van der Waals surface area contributed by atoms with Crippen molar-refractivity contribution in [1.82, 2.24) is 10.6 Å². The van der Waals surface area contributed by atoms with Crippen molar-refractivity contribution in [2.24, 2.45) is 4.99 Å². The van der Waals surface area contributed by atoms with Gasteiger partial charge in [-0.2, -0.15) is 0 Å². The Kier molecular flexibility index (Phi) is 10.2. The van der Waals surface area contributed by atoms with Crippen LogP contribution in [0.1, 0.15) is 43.9 Å². The lowest BCUT2D eigenvalue weighted by Crippen LogP contribution is -2.38. The van der Waals surface area contributed by atoms with Crippen LogP contribution in [0.5, 0.6) is 11.5 Å². The lowest BCUT2D eigenvalue weighted by atomic mass is 10.1. The predicted molar refractivity (Wildman–Crippen MR) is 139 cm³/mol. The number of aliphatic imine (C=N–C) groups is 1. The highest BCUT2D eigenvalue weighted by molar-refractivity contribution is 14.0. The molecule has 1 unspecified atom stereocenters. The first kappa shape index (κ1) is 25.1. The highest BCUT2D eigenvalue weighted by atomic mass is 127. The van der Waals surface area contributed by atoms with E-state index in [1.807, 2.05) is 25.1 Å². The molecule has 2 aromatic rings. The highest BCUT2D eigenvalue weighted by Gasteiger charge is 2.14. The number of ether oxygens (including phenoxy) is 2. The van der Waals surface area contributed by atoms with Gasteiger partial charge >= 0.3 is 0 Å². The first-order valence-corrected chi connectivity index (χ1v) is 10.8. The first-order valence-electron chi connectivity index (χ1n) is 10.8. The molecule has 1 aliphatic heterocycles. The van der Waals surface area contributed by atoms with Crippen molar-refractivity contribution in [1.29, 1.82) is 0 Å². The minimum absolute atomic E-state index is 0. The van der Waals surface area contributed by atoms with Crippen LogP contribution in [0.3, 0.4) is 0 Å². The number of hydrogen-bond acceptors (Lipinski definition) is 4. The van der Waals surface area contributed by atoms with E-state index >= 15 is 0 Å². The van der Waals surface area contributed by atoms with Crippen molar-refractivity contribution in [2.45, 2.75) is 39.3 Å². The fraction of sp³-hybridized carbons (Fsp3) is 0.458. The summed E-state index contributed by atoms with van der Waals surface area (Å²) >= 11 is 0. The van der Waals surface area contributed by atoms with Crippen molar-refractivity contribution in [3.63, 3.8) is 0 Å². The van der Waals surface area contributed by atoms with Crippen LogP contribution in [0.25, 0.3) is 0 Å². The molecule has 0 spiro atoms. The molecule has 1 atom stereocenters. The third kappa shape index (κ3) is 6.92. The minimum Gasteiger partial charge on any atom is -0.493 e. The van der Waals surface area contributed by atoms with Crippen molar-refractivity contribution in [3.05, 3.63) is 53.6 Å². The van der Waals surface area contributed by atoms with Gasteiger partial charge in [0.1, 0.15) is 0 Å². The lowest BCUT2D eigenvalue weighted by molar-refractivity contribution is 0.310. The number of guanidine groups is 1. The number of rotatable bonds is 8. The monoisotopic (exact) mass is 538 g/mol. The molecule has 1 aliphatic rings. The van der Waals surface area contributed by atoms with Crippen molar-refractivity contribution < 1.29 is 9.47 Å². The Bertz CT molecular complexity index is 853. The number of benzene rings is 2. The Labute approximate surface area is 203 Å². The van der Waals surface area contributed by atoms with Crippen molar-refractivity contribution >= 4 is 35.6 Å². The number of halogens is 1. The van der Waals surface area contributed by atoms with Gasteiger partial charge in [0, 0.05) is 32.4 Å². The van der Waals surface area contributed by atoms with Gasteiger partial charge in [0.2, 0.25) is 0 Å². The highest BCUT2D eigenvalue weighted by Crippen LogP contribution is 2.28. The van der Waals surface area contributed by atoms with Crippen LogP contribution in [-0.2, 0) is 6.54 Å². The lowest BCUT2D eigenvalue weighted by Gasteiger charge is -2.22. The van der Waals surface area contributed by atoms with Gasteiger partial charge in [-0.25, -0.2) is 0 Å². The number of methoxy groups -OCH3 is 1. The van der Waals surface area contributed by atoms with Crippen molar-refractivity contribution in [2.75, 3.05) is 38.8 Å². The molecule has 2 N–H and O–H groups in total. The Hall–Kier alpha value is -2.16. The van der Waals surface area contributed by atoms with Gasteiger partial charge in [-0.05, 0) is 62.1 Å². The normalized spacial score (nSPS) is 14.6. The Morgan fingerprint density at radius 3 is 2.58 bits per heavy atom. The van der Waals surface area contributed by atoms with E-state index in [0.717, 1.165) is 36.1 Å². The van der Waals surface area contributed by atoms with Gasteiger partial charge in [0.25, 0.3) is 0 Å². The molecule has 0 aliphatic carbocycles. The van der Waals surface area contributed by atoms with E-state index in [2.05, 4.69) is 51.7 Å². The second-order valence-corrected chi connectivity index (χ2v) is 7.50. The zero-order chi connectivity index (χ0) is 21.3. The maximum Gasteiger partial charge on any atom is 0.191 e. The quantitative estimate of drug-likeness (QED) is 0.289. The number of hydrogen-bond donors (Lipinski definition) is 2. The molecular weight excluding hydrogens is 503 g/mol. The Morgan fingerprint density at radius 1 is 1.13 bits per heavy atom. The molecule has 1 heterocycles. The summed E-state index contributed by atoms with van der Waals surface area (Å²) < 4.78 is 11.0. The van der Waals surface area contributed by atoms with Gasteiger partial charge < -0.3 is 25.0 Å². The second kappa shape index (κ2) is 12.6. The molecule has 0 radical (unpaired) electrons. The predicted octanol–water partition coefficient (Wildman–Crippen LogP) is 4.74. The molecule has 0 amide bonds. The molecule has 0 saturated carbocycles. The Morgan fingerprint density at radius 2 is 1.90 bits per heavy atom. The minimum atomic E-state index is 0. The van der Waals surface area contributed by atoms with Crippen LogP contribution in [0, 0.1) is 0 Å². The molecule has 2 aromatic carbocycles. The van der Waals surface area contributed by atoms with Crippen LogP contribution >= 0.6 is 24.0 Å². The molecule has 0 bridgehead atoms. The second-order valence-electron chi connectivity index (χ2n) is 7.50. The van der Waals surface area contributed by atoms with Crippen LogP contribution in [0.4, 0.5) is 5.69 Å². The van der Waals surface area contributed by atoms with Gasteiger partial charge in [-0.3, -0.25) is 4.99 Å². The standard InChI is InChI=1S/C24H34N4O2.HI/c1-5-30-22-12-11-19(15-23(22)29-4)17-26-24(25-3)27-18(2)20-9-8-10-21(16-20)28-13-6-7-14-28;/h8-12,15-16,18H,5-7,13-14,17H2,1-4H3,(H2,25,26,27);1H. The van der Waals surface area contributed by atoms with Gasteiger partial charge in [-0.15, -0.1) is 24.0 Å². The van der Waals surface area contributed by atoms with Gasteiger partial charge in [0.05, 0.1) is 19.8 Å². The van der Waals surface area contributed by atoms with E-state index in [0.29, 0.717) is 13.2 Å². The molecule has 170 valence electrons. The topological polar surface area (TPSA) is 58.1 Å². The largest absolute Gasteiger partial charge is 0.493 e. The van der Waals surface area contributed by atoms with Crippen molar-refractivity contribution in [3.8, 4) is 11.5 Å². The van der Waals surface area contributed by atoms with E-state index in [1.54, 1.807) is 14.2 Å². The van der Waals surface area contributed by atoms with Gasteiger partial charge in [-0.1, -0.05) is 18.2 Å². The number of anilines is 1. The maximum atomic E-state index is 5.59. The van der Waals surface area contributed by atoms with Crippen LogP contribution in [-0.4, -0.2) is 39.8 Å². The zero-order valence-electron chi connectivity index (χ0n) is 19.0. The zero-order valence-corrected chi connectivity index (χ0v) is 21.3. The van der Waals surface area contributed by atoms with E-state index in [9.17, 15) is 0 Å². The summed E-state index contributed by atoms with van der Waals surface area (Å²) in [5.74, 6) is 2.27. The first-order chi connectivity index (χ1) is 14.6. The van der Waals surface area contributed by atoms with E-state index in [1.165, 1.54) is 24.1 Å². The molecule has 31 heavy (non-hydrogen) atoms. The average Bonchev–Trinajstić information content (AvgIpc) is 3.32. The van der Waals surface area contributed by atoms with Crippen LogP contribution < -0.4 is 25.0 Å². The fourth-order valence-corrected chi connectivity index (χ4v) is 3.73. The molecular formula is C24H35IN4O2. The van der Waals surface area contributed by atoms with E-state index in [4.69, 9.17) is 9.47 Å². The summed E-state index contributed by atoms with van der Waals surface area (Å²) in [6.45, 7) is 7.69. The summed E-state index contributed by atoms with van der Waals surface area (Å²) in [5.41, 5.74) is 3.66. The Balaban J connectivity index is 0.00000341. The molecule has 1 fully saturated rings. The van der Waals surface area contributed by atoms with E-state index < -0.39 is 0 Å². The third-order valence-corrected chi connectivity index (χ3v) is 5.41. The molecule has 6 nitrogen and oxygen atoms in total. The SMILES string of the molecule is CCOc1ccc(CNC(=NC)NC(C)c2cccc(N3CCCC3)c2)cc1OC.I. The summed E-state index contributed by atoms with van der Waals surface area (Å²) in [7, 11) is 3.45. The summed E-state index contributed by atoms with van der Waals surface area (Å²) in [4.78, 5) is 6.85. The molecule has 3 rings (SSSR count). The summed E-state index contributed by atoms with van der Waals surface area (Å²) in [6, 6.07) is 14.9. The summed E-state index contributed by atoms with van der Waals surface area (Å²) in [6.07, 6.45) is 2.57. The molecule has 0 aromatic heterocycles. The van der Waals surface area contributed by atoms with Crippen LogP contribution in [0.2, 0.25) is 0 Å². The third-order valence-electron chi connectivity index (χ3n) is 5.41. The van der Waals surface area contributed by atoms with Gasteiger partial charge in [0.15, 0.2) is 17.5 Å². The number of nitrogens with one attached hydrogen (secondary N) is 2. The number of nitrogens with zero attached hydrogens (tertiary/aromatic N) is 2. The average molecular weight is 538 g/mol. The molecule has 1 saturated heterocycles. The van der Waals surface area contributed by atoms with Crippen LogP contribution in [0.15, 0.2) is 47.5 Å². The smallest absolute Gasteiger partial charge is 0.191 e. The molecule has 7 heteroatoms. The van der Waals surface area contributed by atoms with E-state index in [-0.39, 0.29) is 30.0 Å².